The first-order chi connectivity index (χ1) is 48.4. The lowest BCUT2D eigenvalue weighted by Crippen LogP contribution is -2.30. The number of ether oxygens (including phenoxy) is 4. The van der Waals surface area contributed by atoms with Gasteiger partial charge in [-0.25, -0.2) is 9.13 Å². The van der Waals surface area contributed by atoms with Crippen molar-refractivity contribution in [1.82, 2.24) is 0 Å². The summed E-state index contributed by atoms with van der Waals surface area (Å²) in [5.74, 6) is -0.610. The monoisotopic (exact) mass is 1470 g/mol. The molecule has 0 rings (SSSR count). The molecule has 0 aliphatic rings. The van der Waals surface area contributed by atoms with E-state index in [1.54, 1.807) is 0 Å². The maximum Gasteiger partial charge on any atom is 0.472 e. The van der Waals surface area contributed by atoms with Gasteiger partial charge in [0.1, 0.15) is 19.3 Å². The van der Waals surface area contributed by atoms with Gasteiger partial charge in [0.05, 0.1) is 26.4 Å². The first-order valence-corrected chi connectivity index (χ1v) is 45.0. The van der Waals surface area contributed by atoms with Gasteiger partial charge in [-0.3, -0.25) is 37.3 Å². The highest BCUT2D eigenvalue weighted by Gasteiger charge is 2.30. The smallest absolute Gasteiger partial charge is 0.462 e. The van der Waals surface area contributed by atoms with Crippen molar-refractivity contribution in [3.63, 3.8) is 0 Å². The second kappa shape index (κ2) is 72.6. The molecule has 5 atom stereocenters. The summed E-state index contributed by atoms with van der Waals surface area (Å²) < 4.78 is 68.7. The van der Waals surface area contributed by atoms with Crippen LogP contribution in [0.15, 0.2) is 0 Å². The van der Waals surface area contributed by atoms with Crippen molar-refractivity contribution in [2.24, 2.45) is 11.8 Å². The highest BCUT2D eigenvalue weighted by Crippen LogP contribution is 2.45. The first kappa shape index (κ1) is 98.1. The zero-order valence-electron chi connectivity index (χ0n) is 65.5. The number of hydrogen-bond acceptors (Lipinski definition) is 15. The molecule has 0 aliphatic heterocycles. The lowest BCUT2D eigenvalue weighted by Gasteiger charge is -2.21. The van der Waals surface area contributed by atoms with E-state index in [0.717, 1.165) is 102 Å². The number of aliphatic hydroxyl groups is 1. The average Bonchev–Trinajstić information content (AvgIpc) is 0.927. The lowest BCUT2D eigenvalue weighted by atomic mass is 10.0. The predicted molar refractivity (Wildman–Crippen MR) is 409 cm³/mol. The molecule has 0 spiro atoms. The van der Waals surface area contributed by atoms with Crippen LogP contribution in [0.4, 0.5) is 0 Å². The van der Waals surface area contributed by atoms with Gasteiger partial charge in [-0.2, -0.15) is 0 Å². The Bertz CT molecular complexity index is 1920. The minimum Gasteiger partial charge on any atom is -0.462 e. The van der Waals surface area contributed by atoms with Crippen molar-refractivity contribution < 1.29 is 80.2 Å². The molecule has 0 aromatic rings. The van der Waals surface area contributed by atoms with Gasteiger partial charge < -0.3 is 33.8 Å². The van der Waals surface area contributed by atoms with E-state index in [2.05, 4.69) is 41.5 Å². The number of aliphatic hydroxyl groups excluding tert-OH is 1. The van der Waals surface area contributed by atoms with Crippen molar-refractivity contribution >= 4 is 39.5 Å². The van der Waals surface area contributed by atoms with Crippen molar-refractivity contribution in [3.8, 4) is 0 Å². The predicted octanol–water partition coefficient (Wildman–Crippen LogP) is 24.3. The standard InChI is InChI=1S/C81H158O17P2/c1-7-9-11-13-15-17-19-21-23-29-33-36-40-44-51-57-63-78(83)91-69-76(97-80(85)66-60-54-46-42-38-34-30-27-25-24-26-28-31-35-39-43-49-55-61-73(3)4)71-95-99(87,88)93-67-75(82)68-94-100(89,90)96-72-77(70-92-79(84)64-58-52-48-47-50-56-62-74(5)6)98-81(86)65-59-53-45-41-37-32-22-20-18-16-14-12-10-8-2/h73-77,82H,7-72H2,1-6H3,(H,87,88)(H,89,90)/t75-,76-,77-/m1/s1. The summed E-state index contributed by atoms with van der Waals surface area (Å²) in [6.45, 7) is 9.59. The van der Waals surface area contributed by atoms with Crippen LogP contribution in [0.2, 0.25) is 0 Å². The van der Waals surface area contributed by atoms with Crippen LogP contribution in [0.5, 0.6) is 0 Å². The molecule has 0 saturated heterocycles. The SMILES string of the molecule is CCCCCCCCCCCCCCCCCCC(=O)OC[C@H](COP(=O)(O)OC[C@@H](O)COP(=O)(O)OC[C@@H](COC(=O)CCCCCCCCC(C)C)OC(=O)CCCCCCCCCCCCCCCC)OC(=O)CCCCCCCCCCCCCCCCCCCCC(C)C. The van der Waals surface area contributed by atoms with Gasteiger partial charge >= 0.3 is 39.5 Å². The van der Waals surface area contributed by atoms with Crippen LogP contribution in [0.25, 0.3) is 0 Å². The zero-order chi connectivity index (χ0) is 73.5. The Kier molecular flexibility index (Phi) is 71.2. The molecule has 19 heteroatoms. The molecule has 0 aromatic carbocycles. The second-order valence-corrected chi connectivity index (χ2v) is 33.0. The average molecular weight is 1470 g/mol. The molecule has 0 amide bonds. The summed E-state index contributed by atoms with van der Waals surface area (Å²) >= 11 is 0. The minimum absolute atomic E-state index is 0.107. The largest absolute Gasteiger partial charge is 0.472 e. The molecular weight excluding hydrogens is 1310 g/mol. The fourth-order valence-corrected chi connectivity index (χ4v) is 14.1. The fourth-order valence-electron chi connectivity index (χ4n) is 12.5. The van der Waals surface area contributed by atoms with Crippen LogP contribution in [0, 0.1) is 11.8 Å². The Morgan fingerprint density at radius 1 is 0.270 bits per heavy atom. The van der Waals surface area contributed by atoms with Crippen LogP contribution in [-0.2, 0) is 65.4 Å². The van der Waals surface area contributed by atoms with Gasteiger partial charge in [0.25, 0.3) is 0 Å². The van der Waals surface area contributed by atoms with Crippen molar-refractivity contribution in [2.45, 2.75) is 445 Å². The normalized spacial score (nSPS) is 13.9. The maximum absolute atomic E-state index is 13.1. The topological polar surface area (TPSA) is 237 Å². The third-order valence-corrected chi connectivity index (χ3v) is 20.9. The van der Waals surface area contributed by atoms with Gasteiger partial charge in [0.2, 0.25) is 0 Å². The molecule has 2 unspecified atom stereocenters. The minimum atomic E-state index is -4.96. The Morgan fingerprint density at radius 2 is 0.460 bits per heavy atom. The quantitative estimate of drug-likeness (QED) is 0.0222. The van der Waals surface area contributed by atoms with Gasteiger partial charge in [-0.1, -0.05) is 375 Å². The molecule has 17 nitrogen and oxygen atoms in total. The van der Waals surface area contributed by atoms with Crippen molar-refractivity contribution in [1.29, 1.82) is 0 Å². The van der Waals surface area contributed by atoms with Crippen LogP contribution >= 0.6 is 15.6 Å². The number of carbonyl (C=O) groups is 4. The molecule has 100 heavy (non-hydrogen) atoms. The van der Waals surface area contributed by atoms with E-state index >= 15 is 0 Å². The highest BCUT2D eigenvalue weighted by atomic mass is 31.2. The van der Waals surface area contributed by atoms with E-state index < -0.39 is 97.5 Å². The number of unbranched alkanes of at least 4 members (excludes halogenated alkanes) is 50. The second-order valence-electron chi connectivity index (χ2n) is 30.1. The number of phosphoric acid groups is 2. The van der Waals surface area contributed by atoms with Gasteiger partial charge in [0.15, 0.2) is 12.2 Å². The molecule has 0 fully saturated rings. The third-order valence-electron chi connectivity index (χ3n) is 19.0. The molecule has 0 aliphatic carbocycles. The van der Waals surface area contributed by atoms with E-state index in [-0.39, 0.29) is 25.7 Å². The van der Waals surface area contributed by atoms with Gasteiger partial charge in [0, 0.05) is 25.7 Å². The number of esters is 4. The molecule has 594 valence electrons. The third kappa shape index (κ3) is 74.3. The molecule has 0 saturated carbocycles. The summed E-state index contributed by atoms with van der Waals surface area (Å²) in [7, 11) is -9.92. The molecule has 0 bridgehead atoms. The molecule has 0 aromatic heterocycles. The highest BCUT2D eigenvalue weighted by molar-refractivity contribution is 7.47. The van der Waals surface area contributed by atoms with E-state index in [9.17, 15) is 43.2 Å². The molecule has 0 radical (unpaired) electrons. The van der Waals surface area contributed by atoms with Crippen LogP contribution in [-0.4, -0.2) is 96.7 Å². The number of rotatable bonds is 80. The van der Waals surface area contributed by atoms with E-state index in [0.29, 0.717) is 31.6 Å². The number of carbonyl (C=O) groups excluding carboxylic acids is 4. The Labute approximate surface area is 613 Å². The van der Waals surface area contributed by atoms with Crippen LogP contribution in [0.3, 0.4) is 0 Å². The molecular formula is C81H158O17P2. The lowest BCUT2D eigenvalue weighted by molar-refractivity contribution is -0.161. The van der Waals surface area contributed by atoms with E-state index in [1.807, 2.05) is 0 Å². The maximum atomic E-state index is 13.1. The first-order valence-electron chi connectivity index (χ1n) is 42.0. The van der Waals surface area contributed by atoms with Crippen molar-refractivity contribution in [3.05, 3.63) is 0 Å². The zero-order valence-corrected chi connectivity index (χ0v) is 67.3. The summed E-state index contributed by atoms with van der Waals surface area (Å²) in [6, 6.07) is 0. The Morgan fingerprint density at radius 3 is 0.680 bits per heavy atom. The van der Waals surface area contributed by atoms with E-state index in [4.69, 9.17) is 37.0 Å². The molecule has 0 heterocycles. The Balaban J connectivity index is 5.21. The summed E-state index contributed by atoms with van der Waals surface area (Å²) in [5.41, 5.74) is 0. The number of phosphoric ester groups is 2. The van der Waals surface area contributed by atoms with E-state index in [1.165, 1.54) is 238 Å². The fraction of sp³-hybridized carbons (Fsp3) is 0.951. The van der Waals surface area contributed by atoms with Gasteiger partial charge in [-0.05, 0) is 37.5 Å². The van der Waals surface area contributed by atoms with Crippen LogP contribution in [0.1, 0.15) is 427 Å². The Hall–Kier alpha value is -1.94. The number of hydrogen-bond donors (Lipinski definition) is 3. The summed E-state index contributed by atoms with van der Waals surface area (Å²) in [6.07, 6.45) is 62.6. The van der Waals surface area contributed by atoms with Crippen molar-refractivity contribution in [2.75, 3.05) is 39.6 Å². The van der Waals surface area contributed by atoms with Crippen LogP contribution < -0.4 is 0 Å². The molecule has 3 N–H and O–H groups in total. The summed E-state index contributed by atoms with van der Waals surface area (Å²) in [5, 5.41) is 10.6. The summed E-state index contributed by atoms with van der Waals surface area (Å²) in [4.78, 5) is 73.0. The van der Waals surface area contributed by atoms with Gasteiger partial charge in [-0.15, -0.1) is 0 Å².